The van der Waals surface area contributed by atoms with Crippen LogP contribution in [0.5, 0.6) is 0 Å². The van der Waals surface area contributed by atoms with Gasteiger partial charge in [-0.1, -0.05) is 0 Å². The first-order valence-electron chi connectivity index (χ1n) is 7.45. The normalized spacial score (nSPS) is 33.4. The fourth-order valence-electron chi connectivity index (χ4n) is 3.54. The van der Waals surface area contributed by atoms with Crippen LogP contribution in [0.4, 0.5) is 0 Å². The predicted molar refractivity (Wildman–Crippen MR) is 69.3 cm³/mol. The molecule has 102 valence electrons. The molecule has 0 aromatic carbocycles. The van der Waals surface area contributed by atoms with E-state index in [0.29, 0.717) is 18.6 Å². The highest BCUT2D eigenvalue weighted by Crippen LogP contribution is 2.25. The summed E-state index contributed by atoms with van der Waals surface area (Å²) in [4.78, 5) is 17.1. The zero-order valence-electron chi connectivity index (χ0n) is 11.1. The van der Waals surface area contributed by atoms with Crippen molar-refractivity contribution in [2.45, 2.75) is 38.1 Å². The summed E-state index contributed by atoms with van der Waals surface area (Å²) in [7, 11) is 0. The Balaban J connectivity index is 1.57. The average Bonchev–Trinajstić information content (AvgIpc) is 3.12. The van der Waals surface area contributed by atoms with Crippen LogP contribution in [-0.4, -0.2) is 61.1 Å². The molecule has 2 unspecified atom stereocenters. The maximum Gasteiger partial charge on any atom is 0.228 e. The van der Waals surface area contributed by atoms with Gasteiger partial charge in [-0.2, -0.15) is 0 Å². The molecule has 0 saturated carbocycles. The topological polar surface area (TPSA) is 32.8 Å². The van der Waals surface area contributed by atoms with Gasteiger partial charge in [-0.3, -0.25) is 4.79 Å². The largest absolute Gasteiger partial charge is 0.381 e. The molecule has 4 heteroatoms. The van der Waals surface area contributed by atoms with Gasteiger partial charge in [0.1, 0.15) is 0 Å². The number of likely N-dealkylation sites (tertiary alicyclic amines) is 2. The Bertz CT molecular complexity index is 296. The van der Waals surface area contributed by atoms with Crippen LogP contribution in [0.3, 0.4) is 0 Å². The number of rotatable bonds is 3. The Morgan fingerprint density at radius 1 is 1.11 bits per heavy atom. The van der Waals surface area contributed by atoms with E-state index in [1.165, 1.54) is 38.8 Å². The zero-order chi connectivity index (χ0) is 12.4. The Hall–Kier alpha value is -0.610. The second-order valence-corrected chi connectivity index (χ2v) is 5.90. The summed E-state index contributed by atoms with van der Waals surface area (Å²) >= 11 is 0. The molecule has 3 aliphatic heterocycles. The van der Waals surface area contributed by atoms with E-state index in [1.54, 1.807) is 0 Å². The molecule has 0 radical (unpaired) electrons. The standard InChI is InChI=1S/C14H24N2O2/c17-14(12-5-9-18-11-12)16-8-3-4-13(16)10-15-6-1-2-7-15/h12-13H,1-11H2. The van der Waals surface area contributed by atoms with Crippen LogP contribution < -0.4 is 0 Å². The molecule has 3 fully saturated rings. The van der Waals surface area contributed by atoms with Crippen molar-refractivity contribution in [1.29, 1.82) is 0 Å². The molecule has 2 atom stereocenters. The van der Waals surface area contributed by atoms with Gasteiger partial charge >= 0.3 is 0 Å². The highest BCUT2D eigenvalue weighted by molar-refractivity contribution is 5.79. The summed E-state index contributed by atoms with van der Waals surface area (Å²) in [6.45, 7) is 5.93. The van der Waals surface area contributed by atoms with Crippen LogP contribution in [0.1, 0.15) is 32.1 Å². The number of nitrogens with zero attached hydrogens (tertiary/aromatic N) is 2. The van der Waals surface area contributed by atoms with Gasteiger partial charge in [-0.15, -0.1) is 0 Å². The molecule has 3 heterocycles. The molecule has 18 heavy (non-hydrogen) atoms. The molecule has 0 N–H and O–H groups in total. The molecule has 0 aromatic heterocycles. The summed E-state index contributed by atoms with van der Waals surface area (Å²) in [5.41, 5.74) is 0. The molecule has 0 aliphatic carbocycles. The maximum atomic E-state index is 12.5. The smallest absolute Gasteiger partial charge is 0.228 e. The molecule has 3 aliphatic rings. The second-order valence-electron chi connectivity index (χ2n) is 5.90. The predicted octanol–water partition coefficient (Wildman–Crippen LogP) is 1.11. The third-order valence-corrected chi connectivity index (χ3v) is 4.61. The van der Waals surface area contributed by atoms with Crippen LogP contribution in [0.15, 0.2) is 0 Å². The van der Waals surface area contributed by atoms with Gasteiger partial charge in [0, 0.05) is 25.7 Å². The van der Waals surface area contributed by atoms with Crippen LogP contribution in [0.2, 0.25) is 0 Å². The molecule has 0 aromatic rings. The van der Waals surface area contributed by atoms with E-state index in [1.807, 2.05) is 0 Å². The minimum absolute atomic E-state index is 0.143. The molecular weight excluding hydrogens is 228 g/mol. The molecule has 3 rings (SSSR count). The van der Waals surface area contributed by atoms with Gasteiger partial charge < -0.3 is 14.5 Å². The number of carbonyl (C=O) groups is 1. The summed E-state index contributed by atoms with van der Waals surface area (Å²) in [6, 6.07) is 0.469. The summed E-state index contributed by atoms with van der Waals surface area (Å²) < 4.78 is 5.35. The Kier molecular flexibility index (Phi) is 3.85. The van der Waals surface area contributed by atoms with Crippen molar-refractivity contribution in [3.8, 4) is 0 Å². The molecular formula is C14H24N2O2. The lowest BCUT2D eigenvalue weighted by atomic mass is 10.1. The summed E-state index contributed by atoms with van der Waals surface area (Å²) in [5.74, 6) is 0.498. The summed E-state index contributed by atoms with van der Waals surface area (Å²) in [6.07, 6.45) is 5.95. The van der Waals surface area contributed by atoms with Crippen molar-refractivity contribution in [2.24, 2.45) is 5.92 Å². The minimum atomic E-state index is 0.143. The number of carbonyl (C=O) groups excluding carboxylic acids is 1. The molecule has 0 bridgehead atoms. The van der Waals surface area contributed by atoms with Gasteiger partial charge in [0.25, 0.3) is 0 Å². The molecule has 3 saturated heterocycles. The first kappa shape index (κ1) is 12.4. The van der Waals surface area contributed by atoms with Crippen molar-refractivity contribution in [3.63, 3.8) is 0 Å². The van der Waals surface area contributed by atoms with Crippen LogP contribution in [0.25, 0.3) is 0 Å². The lowest BCUT2D eigenvalue weighted by Gasteiger charge is -2.30. The Morgan fingerprint density at radius 2 is 1.94 bits per heavy atom. The fraction of sp³-hybridized carbons (Fsp3) is 0.929. The highest BCUT2D eigenvalue weighted by Gasteiger charge is 2.35. The van der Waals surface area contributed by atoms with E-state index in [2.05, 4.69) is 9.80 Å². The Morgan fingerprint density at radius 3 is 2.67 bits per heavy atom. The highest BCUT2D eigenvalue weighted by atomic mass is 16.5. The number of ether oxygens (including phenoxy) is 1. The van der Waals surface area contributed by atoms with Gasteiger partial charge in [-0.05, 0) is 45.2 Å². The lowest BCUT2D eigenvalue weighted by molar-refractivity contribution is -0.136. The van der Waals surface area contributed by atoms with Crippen LogP contribution in [-0.2, 0) is 9.53 Å². The van der Waals surface area contributed by atoms with E-state index < -0.39 is 0 Å². The first-order chi connectivity index (χ1) is 8.84. The average molecular weight is 252 g/mol. The van der Waals surface area contributed by atoms with Crippen molar-refractivity contribution < 1.29 is 9.53 Å². The van der Waals surface area contributed by atoms with Crippen LogP contribution in [0, 0.1) is 5.92 Å². The van der Waals surface area contributed by atoms with E-state index in [4.69, 9.17) is 4.74 Å². The zero-order valence-corrected chi connectivity index (χ0v) is 11.1. The molecule has 0 spiro atoms. The van der Waals surface area contributed by atoms with Crippen molar-refractivity contribution in [2.75, 3.05) is 39.4 Å². The minimum Gasteiger partial charge on any atom is -0.381 e. The molecule has 4 nitrogen and oxygen atoms in total. The number of hydrogen-bond acceptors (Lipinski definition) is 3. The monoisotopic (exact) mass is 252 g/mol. The molecule has 1 amide bonds. The van der Waals surface area contributed by atoms with Gasteiger partial charge in [0.2, 0.25) is 5.91 Å². The van der Waals surface area contributed by atoms with E-state index in [-0.39, 0.29) is 5.92 Å². The first-order valence-corrected chi connectivity index (χ1v) is 7.45. The fourth-order valence-corrected chi connectivity index (χ4v) is 3.54. The summed E-state index contributed by atoms with van der Waals surface area (Å²) in [5, 5.41) is 0. The maximum absolute atomic E-state index is 12.5. The number of amides is 1. The van der Waals surface area contributed by atoms with E-state index in [0.717, 1.165) is 26.1 Å². The van der Waals surface area contributed by atoms with Gasteiger partial charge in [-0.25, -0.2) is 0 Å². The van der Waals surface area contributed by atoms with Gasteiger partial charge in [0.05, 0.1) is 12.5 Å². The third kappa shape index (κ3) is 2.54. The van der Waals surface area contributed by atoms with Crippen molar-refractivity contribution in [1.82, 2.24) is 9.80 Å². The second kappa shape index (κ2) is 5.57. The van der Waals surface area contributed by atoms with Crippen molar-refractivity contribution in [3.05, 3.63) is 0 Å². The number of hydrogen-bond donors (Lipinski definition) is 0. The van der Waals surface area contributed by atoms with Crippen molar-refractivity contribution >= 4 is 5.91 Å². The lowest BCUT2D eigenvalue weighted by Crippen LogP contribution is -2.45. The third-order valence-electron chi connectivity index (χ3n) is 4.61. The van der Waals surface area contributed by atoms with Crippen LogP contribution >= 0.6 is 0 Å². The van der Waals surface area contributed by atoms with Gasteiger partial charge in [0.15, 0.2) is 0 Å². The van der Waals surface area contributed by atoms with E-state index >= 15 is 0 Å². The SMILES string of the molecule is O=C(C1CCOC1)N1CCCC1CN1CCCC1. The Labute approximate surface area is 109 Å². The quantitative estimate of drug-likeness (QED) is 0.754. The van der Waals surface area contributed by atoms with E-state index in [9.17, 15) is 4.79 Å².